The first-order valence-electron chi connectivity index (χ1n) is 7.12. The highest BCUT2D eigenvalue weighted by molar-refractivity contribution is 5.69. The first-order valence-corrected chi connectivity index (χ1v) is 7.12. The first kappa shape index (κ1) is 14.1. The van der Waals surface area contributed by atoms with Crippen LogP contribution in [0.15, 0.2) is 24.3 Å². The smallest absolute Gasteiger partial charge is 0.317 e. The van der Waals surface area contributed by atoms with Gasteiger partial charge in [0.1, 0.15) is 0 Å². The summed E-state index contributed by atoms with van der Waals surface area (Å²) in [5.74, 6) is -0.731. The summed E-state index contributed by atoms with van der Waals surface area (Å²) >= 11 is 0. The minimum atomic E-state index is -0.731. The molecule has 104 valence electrons. The van der Waals surface area contributed by atoms with Gasteiger partial charge in [-0.2, -0.15) is 0 Å². The second-order valence-electron chi connectivity index (χ2n) is 5.59. The molecular formula is C16H23NO2. The molecule has 1 aromatic rings. The van der Waals surface area contributed by atoms with E-state index in [9.17, 15) is 4.79 Å². The lowest BCUT2D eigenvalue weighted by atomic mass is 10.0. The number of hydrogen-bond donors (Lipinski definition) is 1. The molecule has 1 aromatic carbocycles. The van der Waals surface area contributed by atoms with Gasteiger partial charge in [0.25, 0.3) is 0 Å². The predicted molar refractivity (Wildman–Crippen MR) is 76.2 cm³/mol. The van der Waals surface area contributed by atoms with Crippen LogP contribution in [0.3, 0.4) is 0 Å². The van der Waals surface area contributed by atoms with E-state index < -0.39 is 5.97 Å². The zero-order valence-electron chi connectivity index (χ0n) is 11.8. The highest BCUT2D eigenvalue weighted by Crippen LogP contribution is 2.30. The molecule has 0 aliphatic heterocycles. The number of carboxylic acid groups (broad SMARTS) is 1. The van der Waals surface area contributed by atoms with Gasteiger partial charge in [0.05, 0.1) is 6.54 Å². The van der Waals surface area contributed by atoms with Crippen LogP contribution in [0.1, 0.15) is 49.8 Å². The molecule has 19 heavy (non-hydrogen) atoms. The van der Waals surface area contributed by atoms with Gasteiger partial charge in [0, 0.05) is 12.1 Å². The van der Waals surface area contributed by atoms with E-state index in [1.807, 2.05) is 0 Å². The lowest BCUT2D eigenvalue weighted by molar-refractivity contribution is -0.139. The minimum absolute atomic E-state index is 0.139. The predicted octanol–water partition coefficient (Wildman–Crippen LogP) is 3.39. The molecule has 0 saturated heterocycles. The Morgan fingerprint density at radius 3 is 2.42 bits per heavy atom. The number of nitrogens with zero attached hydrogens (tertiary/aromatic N) is 1. The number of aliphatic carboxylic acids is 1. The fourth-order valence-corrected chi connectivity index (χ4v) is 3.01. The number of rotatable bonds is 5. The molecule has 3 heteroatoms. The summed E-state index contributed by atoms with van der Waals surface area (Å²) in [5.41, 5.74) is 2.44. The lowest BCUT2D eigenvalue weighted by Gasteiger charge is -2.33. The van der Waals surface area contributed by atoms with Crippen LogP contribution in [-0.4, -0.2) is 28.6 Å². The molecular weight excluding hydrogens is 238 g/mol. The molecule has 0 aromatic heterocycles. The molecule has 1 aliphatic carbocycles. The Bertz CT molecular complexity index is 421. The van der Waals surface area contributed by atoms with Crippen molar-refractivity contribution in [3.8, 4) is 0 Å². The molecule has 0 bridgehead atoms. The van der Waals surface area contributed by atoms with Crippen molar-refractivity contribution in [2.75, 3.05) is 6.54 Å². The Kier molecular flexibility index (Phi) is 4.59. The Morgan fingerprint density at radius 2 is 1.89 bits per heavy atom. The second-order valence-corrected chi connectivity index (χ2v) is 5.59. The van der Waals surface area contributed by atoms with Gasteiger partial charge in [-0.25, -0.2) is 0 Å². The molecule has 2 rings (SSSR count). The summed E-state index contributed by atoms with van der Waals surface area (Å²) in [4.78, 5) is 13.3. The van der Waals surface area contributed by atoms with Crippen LogP contribution in [0.25, 0.3) is 0 Å². The Labute approximate surface area is 115 Å². The zero-order valence-corrected chi connectivity index (χ0v) is 11.8. The Morgan fingerprint density at radius 1 is 1.32 bits per heavy atom. The lowest BCUT2D eigenvalue weighted by Crippen LogP contribution is -2.39. The molecule has 1 aliphatic rings. The number of benzene rings is 1. The van der Waals surface area contributed by atoms with Gasteiger partial charge in [-0.1, -0.05) is 42.7 Å². The third-order valence-electron chi connectivity index (χ3n) is 4.17. The minimum Gasteiger partial charge on any atom is -0.480 e. The zero-order chi connectivity index (χ0) is 13.8. The van der Waals surface area contributed by atoms with Crippen molar-refractivity contribution in [3.63, 3.8) is 0 Å². The van der Waals surface area contributed by atoms with Crippen LogP contribution in [0, 0.1) is 6.92 Å². The van der Waals surface area contributed by atoms with Crippen LogP contribution in [0.5, 0.6) is 0 Å². The van der Waals surface area contributed by atoms with Crippen molar-refractivity contribution in [2.24, 2.45) is 0 Å². The van der Waals surface area contributed by atoms with Crippen LogP contribution >= 0.6 is 0 Å². The van der Waals surface area contributed by atoms with E-state index >= 15 is 0 Å². The third-order valence-corrected chi connectivity index (χ3v) is 4.17. The monoisotopic (exact) mass is 261 g/mol. The van der Waals surface area contributed by atoms with Crippen LogP contribution in [0.2, 0.25) is 0 Å². The van der Waals surface area contributed by atoms with E-state index in [4.69, 9.17) is 5.11 Å². The van der Waals surface area contributed by atoms with Crippen LogP contribution in [0.4, 0.5) is 0 Å². The van der Waals surface area contributed by atoms with E-state index in [0.717, 1.165) is 12.8 Å². The van der Waals surface area contributed by atoms with E-state index in [1.54, 1.807) is 0 Å². The maximum atomic E-state index is 11.1. The second kappa shape index (κ2) is 6.20. The number of aryl methyl sites for hydroxylation is 1. The summed E-state index contributed by atoms with van der Waals surface area (Å²) in [6, 6.07) is 9.01. The molecule has 0 radical (unpaired) electrons. The van der Waals surface area contributed by atoms with E-state index in [1.165, 1.54) is 24.0 Å². The van der Waals surface area contributed by atoms with E-state index in [-0.39, 0.29) is 12.6 Å². The number of hydrogen-bond acceptors (Lipinski definition) is 2. The summed E-state index contributed by atoms with van der Waals surface area (Å²) in [7, 11) is 0. The average molecular weight is 261 g/mol. The van der Waals surface area contributed by atoms with E-state index in [0.29, 0.717) is 6.04 Å². The fraction of sp³-hybridized carbons (Fsp3) is 0.562. The van der Waals surface area contributed by atoms with Crippen molar-refractivity contribution < 1.29 is 9.90 Å². The van der Waals surface area contributed by atoms with Gasteiger partial charge in [-0.15, -0.1) is 0 Å². The van der Waals surface area contributed by atoms with Gasteiger partial charge in [0.15, 0.2) is 0 Å². The average Bonchev–Trinajstić information content (AvgIpc) is 2.89. The largest absolute Gasteiger partial charge is 0.480 e. The van der Waals surface area contributed by atoms with Gasteiger partial charge >= 0.3 is 5.97 Å². The molecule has 1 fully saturated rings. The first-order chi connectivity index (χ1) is 9.08. The molecule has 1 saturated carbocycles. The highest BCUT2D eigenvalue weighted by Gasteiger charge is 2.28. The molecule has 1 N–H and O–H groups in total. The maximum absolute atomic E-state index is 11.1. The normalized spacial score (nSPS) is 17.8. The van der Waals surface area contributed by atoms with E-state index in [2.05, 4.69) is 43.0 Å². The maximum Gasteiger partial charge on any atom is 0.317 e. The standard InChI is InChI=1S/C16H23NO2/c1-12-7-9-14(10-8-12)13(2)17(11-16(18)19)15-5-3-4-6-15/h7-10,13,15H,3-6,11H2,1-2H3,(H,18,19). The van der Waals surface area contributed by atoms with Crippen LogP contribution < -0.4 is 0 Å². The highest BCUT2D eigenvalue weighted by atomic mass is 16.4. The van der Waals surface area contributed by atoms with Crippen molar-refractivity contribution in [3.05, 3.63) is 35.4 Å². The fourth-order valence-electron chi connectivity index (χ4n) is 3.01. The van der Waals surface area contributed by atoms with Gasteiger partial charge in [-0.05, 0) is 32.3 Å². The Hall–Kier alpha value is -1.35. The Balaban J connectivity index is 2.16. The number of carbonyl (C=O) groups is 1. The number of carboxylic acids is 1. The molecule has 0 spiro atoms. The van der Waals surface area contributed by atoms with Crippen molar-refractivity contribution in [1.29, 1.82) is 0 Å². The van der Waals surface area contributed by atoms with Gasteiger partial charge in [0.2, 0.25) is 0 Å². The molecule has 1 unspecified atom stereocenters. The van der Waals surface area contributed by atoms with Crippen molar-refractivity contribution in [2.45, 2.75) is 51.6 Å². The quantitative estimate of drug-likeness (QED) is 0.883. The molecule has 0 heterocycles. The van der Waals surface area contributed by atoms with Crippen molar-refractivity contribution >= 4 is 5.97 Å². The molecule has 0 amide bonds. The molecule has 1 atom stereocenters. The summed E-state index contributed by atoms with van der Waals surface area (Å²) in [6.07, 6.45) is 4.70. The molecule has 3 nitrogen and oxygen atoms in total. The van der Waals surface area contributed by atoms with Crippen molar-refractivity contribution in [1.82, 2.24) is 4.90 Å². The topological polar surface area (TPSA) is 40.5 Å². The summed E-state index contributed by atoms with van der Waals surface area (Å²) in [5, 5.41) is 9.14. The van der Waals surface area contributed by atoms with Gasteiger partial charge in [-0.3, -0.25) is 9.69 Å². The SMILES string of the molecule is Cc1ccc(C(C)N(CC(=O)O)C2CCCC2)cc1. The van der Waals surface area contributed by atoms with Gasteiger partial charge < -0.3 is 5.11 Å². The summed E-state index contributed by atoms with van der Waals surface area (Å²) in [6.45, 7) is 4.33. The summed E-state index contributed by atoms with van der Waals surface area (Å²) < 4.78 is 0. The third kappa shape index (κ3) is 3.57. The van der Waals surface area contributed by atoms with Crippen LogP contribution in [-0.2, 0) is 4.79 Å².